The number of piperidine rings is 1. The molecule has 4 heteroatoms. The Kier molecular flexibility index (Phi) is 4.63. The van der Waals surface area contributed by atoms with Gasteiger partial charge in [-0.1, -0.05) is 20.8 Å². The molecule has 1 aliphatic rings. The fraction of sp³-hybridized carbons (Fsp3) is 0.800. The highest BCUT2D eigenvalue weighted by atomic mass is 16.4. The van der Waals surface area contributed by atoms with Crippen molar-refractivity contribution in [2.24, 2.45) is 5.41 Å². The normalized spacial score (nSPS) is 22.6. The van der Waals surface area contributed by atoms with Crippen LogP contribution < -0.4 is 10.6 Å². The summed E-state index contributed by atoms with van der Waals surface area (Å²) < 4.78 is 5.82. The van der Waals surface area contributed by atoms with Gasteiger partial charge in [0.2, 0.25) is 0 Å². The van der Waals surface area contributed by atoms with Crippen molar-refractivity contribution >= 4 is 0 Å². The Morgan fingerprint density at radius 3 is 2.95 bits per heavy atom. The third-order valence-corrected chi connectivity index (χ3v) is 4.04. The van der Waals surface area contributed by atoms with Gasteiger partial charge in [-0.25, -0.2) is 4.98 Å². The van der Waals surface area contributed by atoms with Gasteiger partial charge >= 0.3 is 0 Å². The molecule has 0 amide bonds. The number of aromatic nitrogens is 1. The number of nitrogens with one attached hydrogen (secondary N) is 2. The summed E-state index contributed by atoms with van der Waals surface area (Å²) in [4.78, 5) is 4.48. The maximum Gasteiger partial charge on any atom is 0.194 e. The Hall–Kier alpha value is -0.870. The second-order valence-electron chi connectivity index (χ2n) is 6.25. The van der Waals surface area contributed by atoms with E-state index in [1.165, 1.54) is 6.42 Å². The first-order valence-corrected chi connectivity index (χ1v) is 7.42. The van der Waals surface area contributed by atoms with E-state index in [0.29, 0.717) is 11.5 Å². The van der Waals surface area contributed by atoms with Crippen LogP contribution in [0.1, 0.15) is 51.0 Å². The minimum Gasteiger partial charge on any atom is -0.444 e. The zero-order chi connectivity index (χ0) is 13.9. The lowest BCUT2D eigenvalue weighted by molar-refractivity contribution is 0.180. The molecule has 2 heterocycles. The average molecular weight is 265 g/mol. The van der Waals surface area contributed by atoms with E-state index in [9.17, 15) is 0 Å². The Morgan fingerprint density at radius 1 is 1.47 bits per heavy atom. The summed E-state index contributed by atoms with van der Waals surface area (Å²) in [6.45, 7) is 11.8. The lowest BCUT2D eigenvalue weighted by atomic mass is 9.80. The van der Waals surface area contributed by atoms with Gasteiger partial charge in [0.15, 0.2) is 5.89 Å². The van der Waals surface area contributed by atoms with Crippen LogP contribution in [0.4, 0.5) is 0 Å². The van der Waals surface area contributed by atoms with Gasteiger partial charge in [0.1, 0.15) is 5.76 Å². The van der Waals surface area contributed by atoms with Crippen LogP contribution in [0.2, 0.25) is 0 Å². The third-order valence-electron chi connectivity index (χ3n) is 4.04. The van der Waals surface area contributed by atoms with Gasteiger partial charge in [0.05, 0.1) is 12.2 Å². The van der Waals surface area contributed by atoms with Crippen LogP contribution in [-0.2, 0) is 13.0 Å². The average Bonchev–Trinajstić information content (AvgIpc) is 2.68. The highest BCUT2D eigenvalue weighted by Crippen LogP contribution is 2.25. The third kappa shape index (κ3) is 3.57. The Labute approximate surface area is 116 Å². The monoisotopic (exact) mass is 265 g/mol. The van der Waals surface area contributed by atoms with Crippen molar-refractivity contribution in [3.05, 3.63) is 17.3 Å². The second kappa shape index (κ2) is 6.06. The number of oxazole rings is 1. The molecule has 19 heavy (non-hydrogen) atoms. The maximum atomic E-state index is 5.82. The van der Waals surface area contributed by atoms with Crippen LogP contribution >= 0.6 is 0 Å². The molecule has 0 saturated carbocycles. The Balaban J connectivity index is 1.94. The predicted octanol–water partition coefficient (Wildman–Crippen LogP) is 2.41. The molecule has 1 aromatic heterocycles. The molecule has 2 N–H and O–H groups in total. The smallest absolute Gasteiger partial charge is 0.194 e. The van der Waals surface area contributed by atoms with Crippen LogP contribution in [0.3, 0.4) is 0 Å². The van der Waals surface area contributed by atoms with Crippen LogP contribution in [0.25, 0.3) is 0 Å². The van der Waals surface area contributed by atoms with Crippen molar-refractivity contribution in [3.8, 4) is 0 Å². The summed E-state index contributed by atoms with van der Waals surface area (Å²) in [5.41, 5.74) is 1.32. The first kappa shape index (κ1) is 14.5. The van der Waals surface area contributed by atoms with Gasteiger partial charge in [-0.2, -0.15) is 0 Å². The van der Waals surface area contributed by atoms with Crippen LogP contribution in [0.5, 0.6) is 0 Å². The number of aryl methyl sites for hydroxylation is 2. The molecule has 0 spiro atoms. The Bertz CT molecular complexity index is 412. The number of hydrogen-bond acceptors (Lipinski definition) is 4. The fourth-order valence-electron chi connectivity index (χ4n) is 2.74. The molecular weight excluding hydrogens is 238 g/mol. The van der Waals surface area contributed by atoms with Crippen LogP contribution in [0, 0.1) is 12.3 Å². The molecule has 1 aliphatic heterocycles. The number of rotatable bonds is 5. The van der Waals surface area contributed by atoms with Crippen molar-refractivity contribution in [2.75, 3.05) is 13.1 Å². The minimum atomic E-state index is 0.290. The van der Waals surface area contributed by atoms with E-state index in [2.05, 4.69) is 36.4 Å². The summed E-state index contributed by atoms with van der Waals surface area (Å²) in [6.07, 6.45) is 3.18. The zero-order valence-electron chi connectivity index (χ0n) is 12.7. The number of hydrogen-bond donors (Lipinski definition) is 2. The van der Waals surface area contributed by atoms with Gasteiger partial charge in [0, 0.05) is 19.0 Å². The maximum absolute atomic E-state index is 5.82. The van der Waals surface area contributed by atoms with Crippen LogP contribution in [-0.4, -0.2) is 24.1 Å². The molecule has 0 radical (unpaired) electrons. The van der Waals surface area contributed by atoms with Gasteiger partial charge in [-0.3, -0.25) is 0 Å². The molecular formula is C15H27N3O. The highest BCUT2D eigenvalue weighted by molar-refractivity contribution is 5.08. The molecule has 0 bridgehead atoms. The fourth-order valence-corrected chi connectivity index (χ4v) is 2.74. The summed E-state index contributed by atoms with van der Waals surface area (Å²) >= 11 is 0. The quantitative estimate of drug-likeness (QED) is 0.858. The second-order valence-corrected chi connectivity index (χ2v) is 6.25. The lowest BCUT2D eigenvalue weighted by Crippen LogP contribution is -2.52. The summed E-state index contributed by atoms with van der Waals surface area (Å²) in [5.74, 6) is 1.87. The van der Waals surface area contributed by atoms with Crippen molar-refractivity contribution in [2.45, 2.75) is 59.5 Å². The Morgan fingerprint density at radius 2 is 2.26 bits per heavy atom. The summed E-state index contributed by atoms with van der Waals surface area (Å²) in [7, 11) is 0. The minimum absolute atomic E-state index is 0.290. The van der Waals surface area contributed by atoms with E-state index in [1.54, 1.807) is 0 Å². The standard InChI is InChI=1S/C15H27N3O/c1-5-6-14-18-11(2)12(19-14)9-17-13-7-8-16-10-15(13,3)4/h13,16-17H,5-10H2,1-4H3. The van der Waals surface area contributed by atoms with E-state index in [1.807, 2.05) is 6.92 Å². The number of nitrogens with zero attached hydrogens (tertiary/aromatic N) is 1. The van der Waals surface area contributed by atoms with E-state index >= 15 is 0 Å². The molecule has 1 atom stereocenters. The van der Waals surface area contributed by atoms with Crippen molar-refractivity contribution in [3.63, 3.8) is 0 Å². The first-order chi connectivity index (χ1) is 9.03. The summed E-state index contributed by atoms with van der Waals surface area (Å²) in [5, 5.41) is 7.11. The van der Waals surface area contributed by atoms with E-state index in [-0.39, 0.29) is 0 Å². The highest BCUT2D eigenvalue weighted by Gasteiger charge is 2.31. The molecule has 4 nitrogen and oxygen atoms in total. The molecule has 0 aliphatic carbocycles. The molecule has 2 rings (SSSR count). The van der Waals surface area contributed by atoms with E-state index in [4.69, 9.17) is 4.42 Å². The lowest BCUT2D eigenvalue weighted by Gasteiger charge is -2.39. The molecule has 1 unspecified atom stereocenters. The molecule has 0 aromatic carbocycles. The van der Waals surface area contributed by atoms with Crippen molar-refractivity contribution < 1.29 is 4.42 Å². The van der Waals surface area contributed by atoms with E-state index < -0.39 is 0 Å². The van der Waals surface area contributed by atoms with Gasteiger partial charge in [0.25, 0.3) is 0 Å². The van der Waals surface area contributed by atoms with Crippen LogP contribution in [0.15, 0.2) is 4.42 Å². The zero-order valence-corrected chi connectivity index (χ0v) is 12.7. The van der Waals surface area contributed by atoms with Gasteiger partial charge < -0.3 is 15.1 Å². The summed E-state index contributed by atoms with van der Waals surface area (Å²) in [6, 6.07) is 0.535. The van der Waals surface area contributed by atoms with Crippen molar-refractivity contribution in [1.29, 1.82) is 0 Å². The molecule has 1 fully saturated rings. The largest absolute Gasteiger partial charge is 0.444 e. The van der Waals surface area contributed by atoms with Gasteiger partial charge in [-0.05, 0) is 31.7 Å². The SMILES string of the molecule is CCCc1nc(C)c(CNC2CCNCC2(C)C)o1. The molecule has 108 valence electrons. The van der Waals surface area contributed by atoms with E-state index in [0.717, 1.165) is 49.8 Å². The van der Waals surface area contributed by atoms with Crippen molar-refractivity contribution in [1.82, 2.24) is 15.6 Å². The van der Waals surface area contributed by atoms with Gasteiger partial charge in [-0.15, -0.1) is 0 Å². The molecule has 1 aromatic rings. The topological polar surface area (TPSA) is 50.1 Å². The first-order valence-electron chi connectivity index (χ1n) is 7.42. The molecule has 1 saturated heterocycles. The predicted molar refractivity (Wildman–Crippen MR) is 77.1 cm³/mol.